The molecule has 34 heavy (non-hydrogen) atoms. The molecule has 0 bridgehead atoms. The summed E-state index contributed by atoms with van der Waals surface area (Å²) in [5, 5.41) is 5.60. The lowest BCUT2D eigenvalue weighted by molar-refractivity contribution is -0.115. The van der Waals surface area contributed by atoms with Crippen LogP contribution in [0.25, 0.3) is 17.7 Å². The molecule has 4 rings (SSSR count). The van der Waals surface area contributed by atoms with E-state index in [2.05, 4.69) is 10.6 Å². The van der Waals surface area contributed by atoms with E-state index in [1.165, 1.54) is 12.1 Å². The second-order valence-corrected chi connectivity index (χ2v) is 8.01. The molecule has 3 aromatic rings. The highest BCUT2D eigenvalue weighted by atomic mass is 19.2. The average Bonchev–Trinajstić information content (AvgIpc) is 3.64. The van der Waals surface area contributed by atoms with Gasteiger partial charge in [0.2, 0.25) is 5.91 Å². The Balaban J connectivity index is 1.50. The quantitative estimate of drug-likeness (QED) is 0.264. The Hall–Kier alpha value is -4.26. The maximum absolute atomic E-state index is 13.8. The van der Waals surface area contributed by atoms with Crippen molar-refractivity contribution < 1.29 is 18.4 Å². The molecule has 3 aromatic carbocycles. The fraction of sp³-hybridized carbons (Fsp3) is 0.111. The van der Waals surface area contributed by atoms with Gasteiger partial charge in [-0.15, -0.1) is 0 Å². The standard InChI is InChI=1S/C27H23F2N3O2/c28-22-13-10-19(16-23(22)29)21(27(34)31-20-11-12-20)15-18-7-5-17(6-8-18)9-14-26(33)32-25-4-2-1-3-24(25)30/h1-10,13-16,20H,11-12,30H2,(H,31,34)(H,32,33)/b14-9+,21-15?. The smallest absolute Gasteiger partial charge is 0.252 e. The highest BCUT2D eigenvalue weighted by Gasteiger charge is 2.25. The summed E-state index contributed by atoms with van der Waals surface area (Å²) in [5.41, 5.74) is 8.84. The normalized spacial score (nSPS) is 13.6. The Morgan fingerprint density at radius 1 is 0.912 bits per heavy atom. The van der Waals surface area contributed by atoms with E-state index in [0.717, 1.165) is 30.5 Å². The fourth-order valence-corrected chi connectivity index (χ4v) is 3.26. The van der Waals surface area contributed by atoms with Crippen molar-refractivity contribution in [2.45, 2.75) is 18.9 Å². The number of nitrogen functional groups attached to an aromatic ring is 1. The second-order valence-electron chi connectivity index (χ2n) is 8.01. The maximum Gasteiger partial charge on any atom is 0.252 e. The first kappa shape index (κ1) is 22.9. The number of carbonyl (C=O) groups excluding carboxylic acids is 2. The monoisotopic (exact) mass is 459 g/mol. The zero-order chi connectivity index (χ0) is 24.1. The van der Waals surface area contributed by atoms with Crippen LogP contribution in [0.1, 0.15) is 29.5 Å². The number of anilines is 2. The molecule has 1 aliphatic rings. The van der Waals surface area contributed by atoms with Crippen molar-refractivity contribution in [2.75, 3.05) is 11.1 Å². The molecule has 0 aromatic heterocycles. The lowest BCUT2D eigenvalue weighted by Gasteiger charge is -2.10. The van der Waals surface area contributed by atoms with Crippen molar-refractivity contribution in [1.82, 2.24) is 5.32 Å². The Kier molecular flexibility index (Phi) is 6.82. The Morgan fingerprint density at radius 2 is 1.62 bits per heavy atom. The number of hydrogen-bond acceptors (Lipinski definition) is 3. The van der Waals surface area contributed by atoms with Crippen LogP contribution in [-0.2, 0) is 9.59 Å². The Labute approximate surface area is 196 Å². The van der Waals surface area contributed by atoms with Crippen molar-refractivity contribution >= 4 is 40.9 Å². The van der Waals surface area contributed by atoms with E-state index < -0.39 is 11.6 Å². The minimum absolute atomic E-state index is 0.117. The van der Waals surface area contributed by atoms with Gasteiger partial charge < -0.3 is 16.4 Å². The molecule has 1 saturated carbocycles. The van der Waals surface area contributed by atoms with Gasteiger partial charge in [0.05, 0.1) is 11.4 Å². The van der Waals surface area contributed by atoms with E-state index in [9.17, 15) is 18.4 Å². The van der Waals surface area contributed by atoms with Crippen LogP contribution in [0.3, 0.4) is 0 Å². The summed E-state index contributed by atoms with van der Waals surface area (Å²) >= 11 is 0. The molecular formula is C27H23F2N3O2. The molecule has 7 heteroatoms. The van der Waals surface area contributed by atoms with Gasteiger partial charge in [0, 0.05) is 17.7 Å². The van der Waals surface area contributed by atoms with E-state index in [-0.39, 0.29) is 29.0 Å². The number of hydrogen-bond donors (Lipinski definition) is 3. The van der Waals surface area contributed by atoms with Gasteiger partial charge in [-0.05, 0) is 65.9 Å². The summed E-state index contributed by atoms with van der Waals surface area (Å²) in [4.78, 5) is 24.9. The van der Waals surface area contributed by atoms with Crippen molar-refractivity contribution in [3.8, 4) is 0 Å². The first-order chi connectivity index (χ1) is 16.4. The van der Waals surface area contributed by atoms with Crippen LogP contribution in [0.4, 0.5) is 20.2 Å². The van der Waals surface area contributed by atoms with Crippen molar-refractivity contribution in [3.63, 3.8) is 0 Å². The molecule has 1 aliphatic carbocycles. The number of halogens is 2. The van der Waals surface area contributed by atoms with E-state index in [0.29, 0.717) is 16.9 Å². The molecule has 0 atom stereocenters. The second kappa shape index (κ2) is 10.1. The van der Waals surface area contributed by atoms with Crippen LogP contribution in [0.15, 0.2) is 72.8 Å². The summed E-state index contributed by atoms with van der Waals surface area (Å²) in [6.07, 6.45) is 6.48. The highest BCUT2D eigenvalue weighted by Crippen LogP contribution is 2.25. The lowest BCUT2D eigenvalue weighted by Crippen LogP contribution is -2.26. The number of para-hydroxylation sites is 2. The highest BCUT2D eigenvalue weighted by molar-refractivity contribution is 6.24. The molecule has 0 heterocycles. The zero-order valence-electron chi connectivity index (χ0n) is 18.2. The van der Waals surface area contributed by atoms with Crippen LogP contribution >= 0.6 is 0 Å². The van der Waals surface area contributed by atoms with Crippen LogP contribution < -0.4 is 16.4 Å². The molecule has 172 valence electrons. The number of rotatable bonds is 7. The van der Waals surface area contributed by atoms with Crippen molar-refractivity contribution in [1.29, 1.82) is 0 Å². The Bertz CT molecular complexity index is 1280. The van der Waals surface area contributed by atoms with Gasteiger partial charge in [0.25, 0.3) is 5.91 Å². The summed E-state index contributed by atoms with van der Waals surface area (Å²) in [7, 11) is 0. The van der Waals surface area contributed by atoms with Gasteiger partial charge in [-0.1, -0.05) is 42.5 Å². The van der Waals surface area contributed by atoms with Crippen LogP contribution in [0.2, 0.25) is 0 Å². The molecule has 1 fully saturated rings. The summed E-state index contributed by atoms with van der Waals surface area (Å²) in [5.74, 6) is -2.65. The fourth-order valence-electron chi connectivity index (χ4n) is 3.26. The van der Waals surface area contributed by atoms with Gasteiger partial charge in [-0.2, -0.15) is 0 Å². The van der Waals surface area contributed by atoms with E-state index >= 15 is 0 Å². The molecule has 5 nitrogen and oxygen atoms in total. The topological polar surface area (TPSA) is 84.2 Å². The molecule has 0 unspecified atom stereocenters. The molecule has 0 aliphatic heterocycles. The largest absolute Gasteiger partial charge is 0.397 e. The molecule has 0 radical (unpaired) electrons. The predicted molar refractivity (Wildman–Crippen MR) is 130 cm³/mol. The average molecular weight is 459 g/mol. The third kappa shape index (κ3) is 5.95. The van der Waals surface area contributed by atoms with Crippen LogP contribution in [-0.4, -0.2) is 17.9 Å². The van der Waals surface area contributed by atoms with Gasteiger partial charge in [0.1, 0.15) is 0 Å². The minimum Gasteiger partial charge on any atom is -0.397 e. The van der Waals surface area contributed by atoms with E-state index in [1.54, 1.807) is 60.7 Å². The van der Waals surface area contributed by atoms with Gasteiger partial charge in [-0.25, -0.2) is 8.78 Å². The predicted octanol–water partition coefficient (Wildman–Crippen LogP) is 5.02. The van der Waals surface area contributed by atoms with Gasteiger partial charge in [0.15, 0.2) is 11.6 Å². The van der Waals surface area contributed by atoms with Crippen molar-refractivity contribution in [2.24, 2.45) is 0 Å². The summed E-state index contributed by atoms with van der Waals surface area (Å²) in [6.45, 7) is 0. The first-order valence-corrected chi connectivity index (χ1v) is 10.8. The third-order valence-corrected chi connectivity index (χ3v) is 5.28. The van der Waals surface area contributed by atoms with Crippen molar-refractivity contribution in [3.05, 3.63) is 101 Å². The molecule has 2 amide bonds. The third-order valence-electron chi connectivity index (χ3n) is 5.28. The van der Waals surface area contributed by atoms with Crippen LogP contribution in [0, 0.1) is 11.6 Å². The minimum atomic E-state index is -1.02. The zero-order valence-corrected chi connectivity index (χ0v) is 18.2. The number of amides is 2. The molecule has 4 N–H and O–H groups in total. The number of carbonyl (C=O) groups is 2. The Morgan fingerprint density at radius 3 is 2.29 bits per heavy atom. The van der Waals surface area contributed by atoms with Gasteiger partial charge in [-0.3, -0.25) is 9.59 Å². The summed E-state index contributed by atoms with van der Waals surface area (Å²) in [6, 6.07) is 17.6. The number of nitrogens with one attached hydrogen (secondary N) is 2. The lowest BCUT2D eigenvalue weighted by atomic mass is 10.0. The summed E-state index contributed by atoms with van der Waals surface area (Å²) < 4.78 is 27.2. The molecule has 0 spiro atoms. The molecule has 0 saturated heterocycles. The first-order valence-electron chi connectivity index (χ1n) is 10.8. The van der Waals surface area contributed by atoms with Crippen LogP contribution in [0.5, 0.6) is 0 Å². The maximum atomic E-state index is 13.8. The number of nitrogens with two attached hydrogens (primary N) is 1. The number of benzene rings is 3. The van der Waals surface area contributed by atoms with Gasteiger partial charge >= 0.3 is 0 Å². The SMILES string of the molecule is Nc1ccccc1NC(=O)/C=C/c1ccc(C=C(C(=O)NC2CC2)c2ccc(F)c(F)c2)cc1. The molecular weight excluding hydrogens is 436 g/mol. The van der Waals surface area contributed by atoms with E-state index in [1.807, 2.05) is 0 Å². The van der Waals surface area contributed by atoms with E-state index in [4.69, 9.17) is 5.73 Å².